The molecule has 1 unspecified atom stereocenters. The quantitative estimate of drug-likeness (QED) is 0.691. The fourth-order valence-corrected chi connectivity index (χ4v) is 1.20. The molecule has 0 saturated heterocycles. The first-order chi connectivity index (χ1) is 6.13. The van der Waals surface area contributed by atoms with Crippen LogP contribution in [0.1, 0.15) is 6.92 Å². The predicted molar refractivity (Wildman–Crippen MR) is 53.9 cm³/mol. The number of ether oxygens (including phenoxy) is 1. The average Bonchev–Trinajstić information content (AvgIpc) is 2.11. The molecule has 0 spiro atoms. The van der Waals surface area contributed by atoms with Crippen molar-refractivity contribution in [2.75, 3.05) is 33.4 Å². The Bertz CT molecular complexity index is 152. The maximum absolute atomic E-state index is 11.5. The lowest BCUT2D eigenvalue weighted by Gasteiger charge is -2.22. The van der Waals surface area contributed by atoms with Crippen molar-refractivity contribution in [1.82, 2.24) is 4.90 Å². The first-order valence-corrected chi connectivity index (χ1v) is 5.07. The predicted octanol–water partition coefficient (Wildman–Crippen LogP) is 0.237. The molecule has 78 valence electrons. The largest absolute Gasteiger partial charge is 0.395 e. The molecule has 0 aliphatic carbocycles. The molecule has 1 atom stereocenters. The van der Waals surface area contributed by atoms with Gasteiger partial charge in [0.25, 0.3) is 0 Å². The maximum Gasteiger partial charge on any atom is 0.236 e. The summed E-state index contributed by atoms with van der Waals surface area (Å²) in [6.45, 7) is 3.12. The third-order valence-corrected chi connectivity index (χ3v) is 1.98. The zero-order valence-corrected chi connectivity index (χ0v) is 9.58. The number of halogens is 1. The number of hydrogen-bond donors (Lipinski definition) is 1. The second-order valence-corrected chi connectivity index (χ2v) is 4.03. The van der Waals surface area contributed by atoms with Gasteiger partial charge in [0.2, 0.25) is 5.91 Å². The summed E-state index contributed by atoms with van der Waals surface area (Å²) in [5.41, 5.74) is 0. The summed E-state index contributed by atoms with van der Waals surface area (Å²) >= 11 is 3.19. The lowest BCUT2D eigenvalue weighted by atomic mass is 10.4. The van der Waals surface area contributed by atoms with E-state index < -0.39 is 0 Å². The molecule has 0 aromatic rings. The van der Waals surface area contributed by atoms with Crippen molar-refractivity contribution in [3.05, 3.63) is 0 Å². The molecule has 1 amide bonds. The van der Waals surface area contributed by atoms with E-state index in [0.29, 0.717) is 19.7 Å². The molecule has 0 heterocycles. The van der Waals surface area contributed by atoms with Crippen molar-refractivity contribution < 1.29 is 14.6 Å². The minimum atomic E-state index is -0.212. The third kappa shape index (κ3) is 5.23. The minimum Gasteiger partial charge on any atom is -0.395 e. The SMILES string of the molecule is COCCN(CCO)C(=O)C(C)Br. The fraction of sp³-hybridized carbons (Fsp3) is 0.875. The first kappa shape index (κ1) is 12.9. The Kier molecular flexibility index (Phi) is 7.22. The van der Waals surface area contributed by atoms with E-state index in [-0.39, 0.29) is 17.3 Å². The molecule has 0 aliphatic rings. The lowest BCUT2D eigenvalue weighted by Crippen LogP contribution is -2.39. The van der Waals surface area contributed by atoms with Crippen LogP contribution in [0.3, 0.4) is 0 Å². The standard InChI is InChI=1S/C8H16BrNO3/c1-7(9)8(12)10(3-5-11)4-6-13-2/h7,11H,3-6H2,1-2H3. The molecule has 4 nitrogen and oxygen atoms in total. The van der Waals surface area contributed by atoms with Crippen LogP contribution in [0.4, 0.5) is 0 Å². The van der Waals surface area contributed by atoms with Gasteiger partial charge < -0.3 is 14.7 Å². The summed E-state index contributed by atoms with van der Waals surface area (Å²) in [5, 5.41) is 8.72. The molecule has 13 heavy (non-hydrogen) atoms. The van der Waals surface area contributed by atoms with Crippen LogP contribution in [0, 0.1) is 0 Å². The van der Waals surface area contributed by atoms with Crippen molar-refractivity contribution in [2.45, 2.75) is 11.8 Å². The highest BCUT2D eigenvalue weighted by Gasteiger charge is 2.16. The average molecular weight is 254 g/mol. The summed E-state index contributed by atoms with van der Waals surface area (Å²) in [5.74, 6) is -0.0221. The maximum atomic E-state index is 11.5. The zero-order chi connectivity index (χ0) is 10.3. The summed E-state index contributed by atoms with van der Waals surface area (Å²) in [6.07, 6.45) is 0. The molecule has 0 aliphatic heterocycles. The molecule has 5 heteroatoms. The molecule has 0 aromatic heterocycles. The minimum absolute atomic E-state index is 0.0187. The van der Waals surface area contributed by atoms with E-state index in [1.165, 1.54) is 0 Å². The van der Waals surface area contributed by atoms with Gasteiger partial charge >= 0.3 is 0 Å². The van der Waals surface area contributed by atoms with Crippen molar-refractivity contribution in [3.63, 3.8) is 0 Å². The van der Waals surface area contributed by atoms with E-state index >= 15 is 0 Å². The monoisotopic (exact) mass is 253 g/mol. The van der Waals surface area contributed by atoms with E-state index in [2.05, 4.69) is 15.9 Å². The number of nitrogens with zero attached hydrogens (tertiary/aromatic N) is 1. The Hall–Kier alpha value is -0.130. The van der Waals surface area contributed by atoms with E-state index in [9.17, 15) is 4.79 Å². The molecular weight excluding hydrogens is 238 g/mol. The van der Waals surface area contributed by atoms with E-state index in [0.717, 1.165) is 0 Å². The number of alkyl halides is 1. The van der Waals surface area contributed by atoms with Gasteiger partial charge in [0.05, 0.1) is 18.0 Å². The molecule has 0 bridgehead atoms. The van der Waals surface area contributed by atoms with Crippen molar-refractivity contribution >= 4 is 21.8 Å². The number of aliphatic hydroxyl groups is 1. The van der Waals surface area contributed by atoms with Crippen molar-refractivity contribution in [1.29, 1.82) is 0 Å². The van der Waals surface area contributed by atoms with E-state index in [4.69, 9.17) is 9.84 Å². The topological polar surface area (TPSA) is 49.8 Å². The Labute approximate surface area is 87.0 Å². The van der Waals surface area contributed by atoms with Crippen molar-refractivity contribution in [3.8, 4) is 0 Å². The van der Waals surface area contributed by atoms with Crippen LogP contribution in [0.15, 0.2) is 0 Å². The van der Waals surface area contributed by atoms with Crippen LogP contribution in [0.5, 0.6) is 0 Å². The van der Waals surface area contributed by atoms with Crippen molar-refractivity contribution in [2.24, 2.45) is 0 Å². The second kappa shape index (κ2) is 7.29. The molecule has 0 aromatic carbocycles. The molecule has 0 fully saturated rings. The highest BCUT2D eigenvalue weighted by Crippen LogP contribution is 2.03. The van der Waals surface area contributed by atoms with Gasteiger partial charge in [-0.25, -0.2) is 0 Å². The first-order valence-electron chi connectivity index (χ1n) is 4.16. The van der Waals surface area contributed by atoms with Gasteiger partial charge in [-0.05, 0) is 6.92 Å². The molecule has 0 saturated carbocycles. The Morgan fingerprint density at radius 2 is 2.23 bits per heavy atom. The Balaban J connectivity index is 3.99. The van der Waals surface area contributed by atoms with Crippen LogP contribution in [0.2, 0.25) is 0 Å². The Morgan fingerprint density at radius 3 is 2.62 bits per heavy atom. The second-order valence-electron chi connectivity index (χ2n) is 2.66. The molecule has 0 rings (SSSR count). The molecular formula is C8H16BrNO3. The van der Waals surface area contributed by atoms with Gasteiger partial charge in [-0.15, -0.1) is 0 Å². The highest BCUT2D eigenvalue weighted by molar-refractivity contribution is 9.10. The fourth-order valence-electron chi connectivity index (χ4n) is 0.906. The van der Waals surface area contributed by atoms with Gasteiger partial charge in [0, 0.05) is 20.2 Å². The number of aliphatic hydroxyl groups excluding tert-OH is 1. The van der Waals surface area contributed by atoms with Gasteiger partial charge in [-0.2, -0.15) is 0 Å². The van der Waals surface area contributed by atoms with Gasteiger partial charge in [-0.1, -0.05) is 15.9 Å². The zero-order valence-electron chi connectivity index (χ0n) is 7.99. The van der Waals surface area contributed by atoms with Crippen LogP contribution in [0.25, 0.3) is 0 Å². The summed E-state index contributed by atoms with van der Waals surface area (Å²) in [7, 11) is 1.58. The van der Waals surface area contributed by atoms with Gasteiger partial charge in [0.15, 0.2) is 0 Å². The number of rotatable bonds is 6. The van der Waals surface area contributed by atoms with E-state index in [1.54, 1.807) is 18.9 Å². The lowest BCUT2D eigenvalue weighted by molar-refractivity contribution is -0.131. The summed E-state index contributed by atoms with van der Waals surface area (Å²) in [6, 6.07) is 0. The van der Waals surface area contributed by atoms with Crippen LogP contribution in [-0.4, -0.2) is 54.2 Å². The smallest absolute Gasteiger partial charge is 0.236 e. The van der Waals surface area contributed by atoms with Crippen LogP contribution < -0.4 is 0 Å². The van der Waals surface area contributed by atoms with Gasteiger partial charge in [-0.3, -0.25) is 4.79 Å². The van der Waals surface area contributed by atoms with E-state index in [1.807, 2.05) is 0 Å². The number of carbonyl (C=O) groups excluding carboxylic acids is 1. The Morgan fingerprint density at radius 1 is 1.62 bits per heavy atom. The number of amides is 1. The van der Waals surface area contributed by atoms with Crippen LogP contribution >= 0.6 is 15.9 Å². The van der Waals surface area contributed by atoms with Gasteiger partial charge in [0.1, 0.15) is 0 Å². The summed E-state index contributed by atoms with van der Waals surface area (Å²) in [4.78, 5) is 12.8. The molecule has 1 N–H and O–H groups in total. The normalized spacial score (nSPS) is 12.6. The number of methoxy groups -OCH3 is 1. The molecule has 0 radical (unpaired) electrons. The summed E-state index contributed by atoms with van der Waals surface area (Å²) < 4.78 is 4.86. The highest BCUT2D eigenvalue weighted by atomic mass is 79.9. The van der Waals surface area contributed by atoms with Crippen LogP contribution in [-0.2, 0) is 9.53 Å². The third-order valence-electron chi connectivity index (χ3n) is 1.59. The number of hydrogen-bond acceptors (Lipinski definition) is 3. The number of carbonyl (C=O) groups is 1.